The summed E-state index contributed by atoms with van der Waals surface area (Å²) in [5.41, 5.74) is -0.398. The Labute approximate surface area is 140 Å². The zero-order valence-electron chi connectivity index (χ0n) is 12.7. The first kappa shape index (κ1) is 16.5. The Bertz CT molecular complexity index is 916. The van der Waals surface area contributed by atoms with Gasteiger partial charge >= 0.3 is 0 Å². The number of carboxylic acids is 1. The number of rotatable bonds is 3. The first-order valence-corrected chi connectivity index (χ1v) is 7.21. The van der Waals surface area contributed by atoms with E-state index in [9.17, 15) is 28.3 Å². The van der Waals surface area contributed by atoms with Crippen LogP contribution in [-0.2, 0) is 9.59 Å². The standard InChI is InChI=1S/C18H11F2NO4/c19-14-6-3-7-15(20)13(14)8-12-10-4-1-2-5-11(10)17(24)21(18(12)25)9-16(22)23/h1-8H,9H2,(H,22,23)/p-1/b12-8-. The van der Waals surface area contributed by atoms with Gasteiger partial charge in [-0.1, -0.05) is 24.3 Å². The topological polar surface area (TPSA) is 77.5 Å². The Morgan fingerprint density at radius 3 is 2.16 bits per heavy atom. The van der Waals surface area contributed by atoms with Crippen molar-refractivity contribution in [2.75, 3.05) is 6.54 Å². The van der Waals surface area contributed by atoms with Crippen molar-refractivity contribution in [1.82, 2.24) is 4.90 Å². The van der Waals surface area contributed by atoms with Gasteiger partial charge in [-0.05, 0) is 29.8 Å². The molecule has 0 aliphatic carbocycles. The number of benzene rings is 2. The van der Waals surface area contributed by atoms with Crippen molar-refractivity contribution in [1.29, 1.82) is 0 Å². The van der Waals surface area contributed by atoms with Crippen LogP contribution in [0.2, 0.25) is 0 Å². The molecular formula is C18H10F2NO4-. The minimum absolute atomic E-state index is 0.0614. The summed E-state index contributed by atoms with van der Waals surface area (Å²) in [7, 11) is 0. The number of imide groups is 1. The number of aliphatic carboxylic acids is 1. The number of hydrogen-bond acceptors (Lipinski definition) is 4. The summed E-state index contributed by atoms with van der Waals surface area (Å²) in [5, 5.41) is 10.8. The van der Waals surface area contributed by atoms with E-state index in [1.165, 1.54) is 24.3 Å². The van der Waals surface area contributed by atoms with Gasteiger partial charge in [0.05, 0.1) is 12.5 Å². The second kappa shape index (κ2) is 6.27. The third-order valence-electron chi connectivity index (χ3n) is 3.74. The first-order valence-electron chi connectivity index (χ1n) is 7.21. The summed E-state index contributed by atoms with van der Waals surface area (Å²) in [6.45, 7) is -0.955. The Morgan fingerprint density at radius 1 is 0.960 bits per heavy atom. The highest BCUT2D eigenvalue weighted by Crippen LogP contribution is 2.31. The van der Waals surface area contributed by atoms with Crippen LogP contribution in [0.4, 0.5) is 8.78 Å². The molecule has 3 rings (SSSR count). The van der Waals surface area contributed by atoms with Crippen molar-refractivity contribution >= 4 is 29.4 Å². The molecule has 0 atom stereocenters. The van der Waals surface area contributed by atoms with Crippen molar-refractivity contribution in [3.05, 3.63) is 70.8 Å². The van der Waals surface area contributed by atoms with E-state index in [1.54, 1.807) is 6.07 Å². The molecule has 5 nitrogen and oxygen atoms in total. The lowest BCUT2D eigenvalue weighted by Gasteiger charge is -2.28. The number of fused-ring (bicyclic) bond motifs is 1. The highest BCUT2D eigenvalue weighted by atomic mass is 19.1. The highest BCUT2D eigenvalue weighted by Gasteiger charge is 2.34. The smallest absolute Gasteiger partial charge is 0.261 e. The van der Waals surface area contributed by atoms with Crippen molar-refractivity contribution in [2.45, 2.75) is 0 Å². The summed E-state index contributed by atoms with van der Waals surface area (Å²) in [4.78, 5) is 36.2. The molecule has 0 N–H and O–H groups in total. The van der Waals surface area contributed by atoms with Crippen LogP contribution in [0.15, 0.2) is 42.5 Å². The maximum absolute atomic E-state index is 13.9. The zero-order chi connectivity index (χ0) is 18.1. The monoisotopic (exact) mass is 342 g/mol. The van der Waals surface area contributed by atoms with Gasteiger partial charge in [0.2, 0.25) is 0 Å². The fourth-order valence-electron chi connectivity index (χ4n) is 2.61. The number of halogens is 2. The van der Waals surface area contributed by atoms with Gasteiger partial charge < -0.3 is 9.90 Å². The van der Waals surface area contributed by atoms with Crippen LogP contribution in [0.25, 0.3) is 11.6 Å². The van der Waals surface area contributed by atoms with E-state index < -0.39 is 41.5 Å². The molecule has 2 aromatic carbocycles. The van der Waals surface area contributed by atoms with E-state index >= 15 is 0 Å². The van der Waals surface area contributed by atoms with E-state index in [0.717, 1.165) is 18.2 Å². The van der Waals surface area contributed by atoms with Gasteiger partial charge in [0.1, 0.15) is 11.6 Å². The van der Waals surface area contributed by atoms with Crippen molar-refractivity contribution in [3.63, 3.8) is 0 Å². The average Bonchev–Trinajstić information content (AvgIpc) is 2.57. The van der Waals surface area contributed by atoms with E-state index in [1.807, 2.05) is 0 Å². The van der Waals surface area contributed by atoms with Crippen LogP contribution in [0.3, 0.4) is 0 Å². The predicted molar refractivity (Wildman–Crippen MR) is 81.7 cm³/mol. The van der Waals surface area contributed by atoms with Gasteiger partial charge in [-0.15, -0.1) is 0 Å². The predicted octanol–water partition coefficient (Wildman–Crippen LogP) is 1.24. The molecule has 2 amide bonds. The number of carboxylic acid groups (broad SMARTS) is 1. The largest absolute Gasteiger partial charge is 0.548 e. The maximum Gasteiger partial charge on any atom is 0.261 e. The molecule has 1 aliphatic rings. The number of hydrogen-bond donors (Lipinski definition) is 0. The summed E-state index contributed by atoms with van der Waals surface area (Å²) in [6.07, 6.45) is 0.973. The van der Waals surface area contributed by atoms with Crippen molar-refractivity contribution < 1.29 is 28.3 Å². The van der Waals surface area contributed by atoms with Gasteiger partial charge in [-0.2, -0.15) is 0 Å². The van der Waals surface area contributed by atoms with Crippen LogP contribution < -0.4 is 5.11 Å². The molecule has 0 saturated carbocycles. The molecule has 25 heavy (non-hydrogen) atoms. The molecular weight excluding hydrogens is 332 g/mol. The summed E-state index contributed by atoms with van der Waals surface area (Å²) in [6, 6.07) is 9.17. The van der Waals surface area contributed by atoms with Crippen LogP contribution in [-0.4, -0.2) is 29.2 Å². The lowest BCUT2D eigenvalue weighted by molar-refractivity contribution is -0.305. The summed E-state index contributed by atoms with van der Waals surface area (Å²) in [5.74, 6) is -5.17. The van der Waals surface area contributed by atoms with Crippen molar-refractivity contribution in [3.8, 4) is 0 Å². The Kier molecular flexibility index (Phi) is 4.14. The number of carbonyl (C=O) groups excluding carboxylic acids is 3. The van der Waals surface area contributed by atoms with E-state index in [-0.39, 0.29) is 16.7 Å². The Hall–Kier alpha value is -3.35. The Morgan fingerprint density at radius 2 is 1.56 bits per heavy atom. The molecule has 2 aromatic rings. The molecule has 1 heterocycles. The van der Waals surface area contributed by atoms with E-state index in [4.69, 9.17) is 0 Å². The molecule has 7 heteroatoms. The van der Waals surface area contributed by atoms with Gasteiger partial charge in [0, 0.05) is 16.7 Å². The van der Waals surface area contributed by atoms with E-state index in [0.29, 0.717) is 4.90 Å². The normalized spacial score (nSPS) is 15.4. The molecule has 0 aromatic heterocycles. The van der Waals surface area contributed by atoms with Crippen LogP contribution >= 0.6 is 0 Å². The Balaban J connectivity index is 2.22. The fraction of sp³-hybridized carbons (Fsp3) is 0.0556. The van der Waals surface area contributed by atoms with Gasteiger partial charge in [-0.3, -0.25) is 14.5 Å². The first-order chi connectivity index (χ1) is 11.9. The minimum Gasteiger partial charge on any atom is -0.548 e. The van der Waals surface area contributed by atoms with Gasteiger partial charge in [0.15, 0.2) is 0 Å². The van der Waals surface area contributed by atoms with Crippen molar-refractivity contribution in [2.24, 2.45) is 0 Å². The molecule has 0 bridgehead atoms. The quantitative estimate of drug-likeness (QED) is 0.621. The van der Waals surface area contributed by atoms with E-state index in [2.05, 4.69) is 0 Å². The molecule has 0 radical (unpaired) electrons. The maximum atomic E-state index is 13.9. The lowest BCUT2D eigenvalue weighted by atomic mass is 9.92. The zero-order valence-corrected chi connectivity index (χ0v) is 12.7. The SMILES string of the molecule is O=C([O-])CN1C(=O)/C(=C\c2c(F)cccc2F)c2ccccc2C1=O. The molecule has 1 aliphatic heterocycles. The second-order valence-corrected chi connectivity index (χ2v) is 5.31. The number of carbonyl (C=O) groups is 3. The van der Waals surface area contributed by atoms with Gasteiger partial charge in [0.25, 0.3) is 11.8 Å². The third-order valence-corrected chi connectivity index (χ3v) is 3.74. The summed E-state index contributed by atoms with van der Waals surface area (Å²) >= 11 is 0. The number of nitrogens with zero attached hydrogens (tertiary/aromatic N) is 1. The lowest BCUT2D eigenvalue weighted by Crippen LogP contribution is -2.47. The average molecular weight is 342 g/mol. The molecule has 0 spiro atoms. The molecule has 0 unspecified atom stereocenters. The molecule has 0 fully saturated rings. The van der Waals surface area contributed by atoms with Crippen LogP contribution in [0.1, 0.15) is 21.5 Å². The summed E-state index contributed by atoms with van der Waals surface area (Å²) < 4.78 is 27.8. The van der Waals surface area contributed by atoms with Gasteiger partial charge in [-0.25, -0.2) is 8.78 Å². The fourth-order valence-corrected chi connectivity index (χ4v) is 2.61. The third kappa shape index (κ3) is 2.91. The number of amides is 2. The highest BCUT2D eigenvalue weighted by molar-refractivity contribution is 6.34. The second-order valence-electron chi connectivity index (χ2n) is 5.31. The van der Waals surface area contributed by atoms with Crippen LogP contribution in [0.5, 0.6) is 0 Å². The van der Waals surface area contributed by atoms with Crippen LogP contribution in [0, 0.1) is 11.6 Å². The molecule has 0 saturated heterocycles. The molecule has 126 valence electrons. The minimum atomic E-state index is -1.63.